The molecule has 1 aliphatic rings. The Kier molecular flexibility index (Phi) is 3.66. The third kappa shape index (κ3) is 2.70. The van der Waals surface area contributed by atoms with Gasteiger partial charge in [-0.1, -0.05) is 24.6 Å². The smallest absolute Gasteiger partial charge is 0.306 e. The number of rotatable bonds is 4. The summed E-state index contributed by atoms with van der Waals surface area (Å²) in [5, 5.41) is 8.90. The van der Waals surface area contributed by atoms with Gasteiger partial charge in [0, 0.05) is 25.2 Å². The van der Waals surface area contributed by atoms with Crippen molar-refractivity contribution in [1.82, 2.24) is 4.90 Å². The molecule has 0 amide bonds. The predicted octanol–water partition coefficient (Wildman–Crippen LogP) is 2.29. The fourth-order valence-corrected chi connectivity index (χ4v) is 2.32. The van der Waals surface area contributed by atoms with Gasteiger partial charge in [0.2, 0.25) is 0 Å². The zero-order valence-corrected chi connectivity index (χ0v) is 10.7. The van der Waals surface area contributed by atoms with Crippen LogP contribution in [0.3, 0.4) is 0 Å². The molecule has 0 aliphatic carbocycles. The SMILES string of the molecule is Cc1ccc(F)c(CN2CC(C(C)C(=O)O)C2)c1. The van der Waals surface area contributed by atoms with E-state index in [2.05, 4.69) is 4.90 Å². The van der Waals surface area contributed by atoms with E-state index < -0.39 is 5.97 Å². The summed E-state index contributed by atoms with van der Waals surface area (Å²) in [7, 11) is 0. The predicted molar refractivity (Wildman–Crippen MR) is 66.7 cm³/mol. The van der Waals surface area contributed by atoms with Gasteiger partial charge in [-0.3, -0.25) is 9.69 Å². The van der Waals surface area contributed by atoms with Crippen LogP contribution in [0.15, 0.2) is 18.2 Å². The quantitative estimate of drug-likeness (QED) is 0.892. The standard InChI is InChI=1S/C14H18FNO2/c1-9-3-4-13(15)11(5-9)6-16-7-12(8-16)10(2)14(17)18/h3-5,10,12H,6-8H2,1-2H3,(H,17,18). The fourth-order valence-electron chi connectivity index (χ4n) is 2.32. The highest BCUT2D eigenvalue weighted by Gasteiger charge is 2.34. The van der Waals surface area contributed by atoms with E-state index in [1.165, 1.54) is 6.07 Å². The summed E-state index contributed by atoms with van der Waals surface area (Å²) >= 11 is 0. The first-order valence-electron chi connectivity index (χ1n) is 6.17. The summed E-state index contributed by atoms with van der Waals surface area (Å²) in [6.07, 6.45) is 0. The summed E-state index contributed by atoms with van der Waals surface area (Å²) in [6, 6.07) is 5.09. The Morgan fingerprint density at radius 2 is 2.22 bits per heavy atom. The second kappa shape index (κ2) is 5.06. The molecule has 18 heavy (non-hydrogen) atoms. The molecule has 1 N–H and O–H groups in total. The number of aryl methyl sites for hydroxylation is 1. The van der Waals surface area contributed by atoms with Crippen molar-refractivity contribution in [2.45, 2.75) is 20.4 Å². The van der Waals surface area contributed by atoms with Crippen molar-refractivity contribution in [3.8, 4) is 0 Å². The number of benzene rings is 1. The molecule has 1 unspecified atom stereocenters. The van der Waals surface area contributed by atoms with Crippen LogP contribution < -0.4 is 0 Å². The van der Waals surface area contributed by atoms with Crippen molar-refractivity contribution in [2.24, 2.45) is 11.8 Å². The van der Waals surface area contributed by atoms with E-state index >= 15 is 0 Å². The number of likely N-dealkylation sites (tertiary alicyclic amines) is 1. The Bertz CT molecular complexity index is 455. The minimum absolute atomic E-state index is 0.185. The van der Waals surface area contributed by atoms with Crippen LogP contribution in [0.2, 0.25) is 0 Å². The van der Waals surface area contributed by atoms with Crippen molar-refractivity contribution in [3.63, 3.8) is 0 Å². The zero-order chi connectivity index (χ0) is 13.3. The van der Waals surface area contributed by atoms with Crippen LogP contribution in [0, 0.1) is 24.6 Å². The second-order valence-electron chi connectivity index (χ2n) is 5.18. The van der Waals surface area contributed by atoms with Gasteiger partial charge in [0.05, 0.1) is 5.92 Å². The van der Waals surface area contributed by atoms with E-state index in [9.17, 15) is 9.18 Å². The molecular weight excluding hydrogens is 233 g/mol. The highest BCUT2D eigenvalue weighted by atomic mass is 19.1. The summed E-state index contributed by atoms with van der Waals surface area (Å²) in [4.78, 5) is 12.9. The van der Waals surface area contributed by atoms with Crippen LogP contribution in [0.4, 0.5) is 4.39 Å². The van der Waals surface area contributed by atoms with Gasteiger partial charge < -0.3 is 5.11 Å². The normalized spacial score (nSPS) is 18.4. The zero-order valence-electron chi connectivity index (χ0n) is 10.7. The first-order valence-corrected chi connectivity index (χ1v) is 6.17. The summed E-state index contributed by atoms with van der Waals surface area (Å²) in [5.74, 6) is -1.06. The molecule has 3 nitrogen and oxygen atoms in total. The van der Waals surface area contributed by atoms with Gasteiger partial charge in [0.15, 0.2) is 0 Å². The van der Waals surface area contributed by atoms with Crippen LogP contribution in [0.25, 0.3) is 0 Å². The van der Waals surface area contributed by atoms with Gasteiger partial charge in [0.25, 0.3) is 0 Å². The molecule has 1 aromatic rings. The lowest BCUT2D eigenvalue weighted by Crippen LogP contribution is -2.50. The molecule has 0 spiro atoms. The van der Waals surface area contributed by atoms with Crippen LogP contribution in [-0.2, 0) is 11.3 Å². The molecule has 1 aliphatic heterocycles. The monoisotopic (exact) mass is 251 g/mol. The minimum Gasteiger partial charge on any atom is -0.481 e. The number of aliphatic carboxylic acids is 1. The maximum atomic E-state index is 13.6. The molecular formula is C14H18FNO2. The number of hydrogen-bond donors (Lipinski definition) is 1. The van der Waals surface area contributed by atoms with E-state index in [1.807, 2.05) is 13.0 Å². The molecule has 0 bridgehead atoms. The van der Waals surface area contributed by atoms with Crippen LogP contribution in [0.1, 0.15) is 18.1 Å². The average Bonchev–Trinajstić information content (AvgIpc) is 2.26. The minimum atomic E-state index is -0.749. The van der Waals surface area contributed by atoms with Gasteiger partial charge in [-0.15, -0.1) is 0 Å². The third-order valence-corrected chi connectivity index (χ3v) is 3.68. The molecule has 1 fully saturated rings. The van der Waals surface area contributed by atoms with E-state index in [-0.39, 0.29) is 17.7 Å². The van der Waals surface area contributed by atoms with E-state index in [0.29, 0.717) is 12.1 Å². The third-order valence-electron chi connectivity index (χ3n) is 3.68. The van der Waals surface area contributed by atoms with Gasteiger partial charge in [-0.25, -0.2) is 4.39 Å². The Morgan fingerprint density at radius 3 is 2.83 bits per heavy atom. The van der Waals surface area contributed by atoms with Crippen LogP contribution in [0.5, 0.6) is 0 Å². The van der Waals surface area contributed by atoms with Crippen molar-refractivity contribution < 1.29 is 14.3 Å². The number of halogens is 1. The Balaban J connectivity index is 1.90. The van der Waals surface area contributed by atoms with Gasteiger partial charge in [-0.05, 0) is 18.9 Å². The number of carboxylic acids is 1. The molecule has 0 saturated carbocycles. The molecule has 1 heterocycles. The molecule has 0 radical (unpaired) electrons. The maximum Gasteiger partial charge on any atom is 0.306 e. The first kappa shape index (κ1) is 13.0. The number of carbonyl (C=O) groups is 1. The van der Waals surface area contributed by atoms with Gasteiger partial charge >= 0.3 is 5.97 Å². The molecule has 98 valence electrons. The van der Waals surface area contributed by atoms with E-state index in [1.54, 1.807) is 13.0 Å². The molecule has 1 atom stereocenters. The second-order valence-corrected chi connectivity index (χ2v) is 5.18. The number of carboxylic acid groups (broad SMARTS) is 1. The van der Waals surface area contributed by atoms with Crippen molar-refractivity contribution in [1.29, 1.82) is 0 Å². The number of hydrogen-bond acceptors (Lipinski definition) is 2. The molecule has 2 rings (SSSR count). The lowest BCUT2D eigenvalue weighted by molar-refractivity contribution is -0.145. The molecule has 1 saturated heterocycles. The van der Waals surface area contributed by atoms with Crippen LogP contribution in [-0.4, -0.2) is 29.1 Å². The molecule has 4 heteroatoms. The Hall–Kier alpha value is -1.42. The summed E-state index contributed by atoms with van der Waals surface area (Å²) in [6.45, 7) is 5.71. The van der Waals surface area contributed by atoms with Crippen molar-refractivity contribution in [3.05, 3.63) is 35.1 Å². The maximum absolute atomic E-state index is 13.6. The summed E-state index contributed by atoms with van der Waals surface area (Å²) < 4.78 is 13.6. The molecule has 1 aromatic carbocycles. The average molecular weight is 251 g/mol. The van der Waals surface area contributed by atoms with Gasteiger partial charge in [0.1, 0.15) is 5.82 Å². The highest BCUT2D eigenvalue weighted by Crippen LogP contribution is 2.26. The van der Waals surface area contributed by atoms with Gasteiger partial charge in [-0.2, -0.15) is 0 Å². The lowest BCUT2D eigenvalue weighted by atomic mass is 9.87. The summed E-state index contributed by atoms with van der Waals surface area (Å²) in [5.41, 5.74) is 1.74. The Morgan fingerprint density at radius 1 is 1.56 bits per heavy atom. The van der Waals surface area contributed by atoms with Crippen LogP contribution >= 0.6 is 0 Å². The van der Waals surface area contributed by atoms with E-state index in [0.717, 1.165) is 18.7 Å². The number of nitrogens with zero attached hydrogens (tertiary/aromatic N) is 1. The topological polar surface area (TPSA) is 40.5 Å². The van der Waals surface area contributed by atoms with Crippen molar-refractivity contribution >= 4 is 5.97 Å². The van der Waals surface area contributed by atoms with E-state index in [4.69, 9.17) is 5.11 Å². The lowest BCUT2D eigenvalue weighted by Gasteiger charge is -2.41. The highest BCUT2D eigenvalue weighted by molar-refractivity contribution is 5.70. The Labute approximate surface area is 106 Å². The largest absolute Gasteiger partial charge is 0.481 e. The fraction of sp³-hybridized carbons (Fsp3) is 0.500. The van der Waals surface area contributed by atoms with Crippen molar-refractivity contribution in [2.75, 3.05) is 13.1 Å². The molecule has 0 aromatic heterocycles. The first-order chi connectivity index (χ1) is 8.47.